The minimum atomic E-state index is -0.985. The van der Waals surface area contributed by atoms with Crippen LogP contribution in [-0.2, 0) is 16.0 Å². The highest BCUT2D eigenvalue weighted by molar-refractivity contribution is 6.34. The van der Waals surface area contributed by atoms with Crippen LogP contribution < -0.4 is 10.2 Å². The summed E-state index contributed by atoms with van der Waals surface area (Å²) in [5.41, 5.74) is 1.72. The molecule has 5 nitrogen and oxygen atoms in total. The van der Waals surface area contributed by atoms with Crippen molar-refractivity contribution in [2.75, 3.05) is 13.7 Å². The molecule has 0 amide bonds. The van der Waals surface area contributed by atoms with E-state index < -0.39 is 5.97 Å². The lowest BCUT2D eigenvalue weighted by molar-refractivity contribution is -0.146. The molecule has 0 aliphatic carbocycles. The smallest absolute Gasteiger partial charge is 0.335 e. The highest BCUT2D eigenvalue weighted by Crippen LogP contribution is 2.27. The number of fused-ring (bicyclic) bond motifs is 1. The topological polar surface area (TPSA) is 72.8 Å². The monoisotopic (exact) mass is 248 g/mol. The van der Waals surface area contributed by atoms with Crippen LogP contribution >= 0.6 is 0 Å². The zero-order valence-electron chi connectivity index (χ0n) is 10.2. The van der Waals surface area contributed by atoms with Crippen LogP contribution in [0.4, 0.5) is 0 Å². The molecule has 0 bridgehead atoms. The van der Waals surface area contributed by atoms with Crippen LogP contribution in [0, 0.1) is 5.92 Å². The Morgan fingerprint density at radius 1 is 1.50 bits per heavy atom. The van der Waals surface area contributed by atoms with Gasteiger partial charge in [-0.3, -0.25) is 4.79 Å². The summed E-state index contributed by atoms with van der Waals surface area (Å²) in [5, 5.41) is 9.00. The molecule has 0 fully saturated rings. The van der Waals surface area contributed by atoms with E-state index in [9.17, 15) is 9.59 Å². The molecule has 1 aliphatic rings. The van der Waals surface area contributed by atoms with Crippen LogP contribution in [0.2, 0.25) is 0 Å². The molecule has 1 aromatic rings. The highest BCUT2D eigenvalue weighted by atomic mass is 16.5. The Morgan fingerprint density at radius 2 is 2.22 bits per heavy atom. The molecule has 0 saturated carbocycles. The molecular formula is C12H13BO5. The first-order valence-electron chi connectivity index (χ1n) is 5.60. The predicted molar refractivity (Wildman–Crippen MR) is 66.3 cm³/mol. The van der Waals surface area contributed by atoms with Crippen LogP contribution in [0.3, 0.4) is 0 Å². The number of rotatable bonds is 2. The van der Waals surface area contributed by atoms with Crippen LogP contribution in [-0.4, -0.2) is 38.6 Å². The van der Waals surface area contributed by atoms with Crippen molar-refractivity contribution in [3.63, 3.8) is 0 Å². The molecule has 0 spiro atoms. The Labute approximate surface area is 105 Å². The van der Waals surface area contributed by atoms with Gasteiger partial charge >= 0.3 is 11.9 Å². The number of carbonyl (C=O) groups is 2. The molecule has 94 valence electrons. The van der Waals surface area contributed by atoms with Gasteiger partial charge in [-0.05, 0) is 23.5 Å². The quantitative estimate of drug-likeness (QED) is 0.557. The van der Waals surface area contributed by atoms with Crippen molar-refractivity contribution in [2.45, 2.75) is 6.42 Å². The fraction of sp³-hybridized carbons (Fsp3) is 0.333. The van der Waals surface area contributed by atoms with Crippen molar-refractivity contribution in [3.8, 4) is 5.75 Å². The summed E-state index contributed by atoms with van der Waals surface area (Å²) in [4.78, 5) is 22.4. The van der Waals surface area contributed by atoms with Gasteiger partial charge in [0.2, 0.25) is 0 Å². The number of ether oxygens (including phenoxy) is 2. The minimum absolute atomic E-state index is 0.209. The maximum atomic E-state index is 11.5. The van der Waals surface area contributed by atoms with Gasteiger partial charge in [0.25, 0.3) is 0 Å². The number of hydrogen-bond donors (Lipinski definition) is 1. The molecule has 1 heterocycles. The molecule has 0 saturated heterocycles. The predicted octanol–water partition coefficient (Wildman–Crippen LogP) is -0.633. The van der Waals surface area contributed by atoms with Gasteiger partial charge in [-0.15, -0.1) is 0 Å². The van der Waals surface area contributed by atoms with E-state index >= 15 is 0 Å². The number of aromatic carboxylic acids is 1. The van der Waals surface area contributed by atoms with Crippen LogP contribution in [0.25, 0.3) is 0 Å². The lowest BCUT2D eigenvalue weighted by Crippen LogP contribution is -2.31. The second kappa shape index (κ2) is 4.72. The lowest BCUT2D eigenvalue weighted by Gasteiger charge is -2.25. The van der Waals surface area contributed by atoms with Crippen LogP contribution in [0.1, 0.15) is 15.9 Å². The molecule has 1 unspecified atom stereocenters. The first-order chi connectivity index (χ1) is 8.52. The molecule has 1 atom stereocenters. The van der Waals surface area contributed by atoms with Crippen molar-refractivity contribution in [3.05, 3.63) is 23.3 Å². The third-order valence-corrected chi connectivity index (χ3v) is 3.03. The lowest BCUT2D eigenvalue weighted by atomic mass is 9.86. The molecule has 1 N–H and O–H groups in total. The zero-order chi connectivity index (χ0) is 13.3. The minimum Gasteiger partial charge on any atom is -0.493 e. The van der Waals surface area contributed by atoms with Gasteiger partial charge in [-0.1, -0.05) is 6.07 Å². The average molecular weight is 248 g/mol. The number of carboxylic acid groups (broad SMARTS) is 1. The van der Waals surface area contributed by atoms with E-state index in [4.69, 9.17) is 9.84 Å². The summed E-state index contributed by atoms with van der Waals surface area (Å²) in [6.45, 7) is 0.271. The molecule has 6 heteroatoms. The van der Waals surface area contributed by atoms with Crippen molar-refractivity contribution in [1.82, 2.24) is 0 Å². The molecule has 0 aromatic heterocycles. The Kier molecular flexibility index (Phi) is 3.27. The first-order valence-corrected chi connectivity index (χ1v) is 5.60. The van der Waals surface area contributed by atoms with Crippen LogP contribution in [0.15, 0.2) is 12.1 Å². The summed E-state index contributed by atoms with van der Waals surface area (Å²) < 4.78 is 10.2. The molecule has 1 aliphatic heterocycles. The molecule has 2 rings (SSSR count). The molecule has 18 heavy (non-hydrogen) atoms. The van der Waals surface area contributed by atoms with Crippen molar-refractivity contribution >= 4 is 25.2 Å². The highest BCUT2D eigenvalue weighted by Gasteiger charge is 2.28. The fourth-order valence-corrected chi connectivity index (χ4v) is 2.15. The second-order valence-electron chi connectivity index (χ2n) is 4.32. The van der Waals surface area contributed by atoms with Crippen LogP contribution in [0.5, 0.6) is 5.75 Å². The Bertz CT molecular complexity index is 511. The Hall–Kier alpha value is -1.98. The van der Waals surface area contributed by atoms with Gasteiger partial charge in [-0.25, -0.2) is 4.79 Å². The number of benzene rings is 1. The Morgan fingerprint density at radius 3 is 2.83 bits per heavy atom. The normalized spacial score (nSPS) is 17.5. The zero-order valence-corrected chi connectivity index (χ0v) is 10.2. The number of carboxylic acids is 1. The summed E-state index contributed by atoms with van der Waals surface area (Å²) >= 11 is 0. The van der Waals surface area contributed by atoms with Gasteiger partial charge in [0.1, 0.15) is 20.2 Å². The van der Waals surface area contributed by atoms with Crippen molar-refractivity contribution in [2.24, 2.45) is 5.92 Å². The largest absolute Gasteiger partial charge is 0.493 e. The summed E-state index contributed by atoms with van der Waals surface area (Å²) in [5.74, 6) is -1.01. The van der Waals surface area contributed by atoms with E-state index in [0.717, 1.165) is 11.0 Å². The molecule has 1 aromatic carbocycles. The molecular weight excluding hydrogens is 235 g/mol. The van der Waals surface area contributed by atoms with Gasteiger partial charge in [0.05, 0.1) is 18.6 Å². The van der Waals surface area contributed by atoms with Crippen molar-refractivity contribution < 1.29 is 24.2 Å². The Balaban J connectivity index is 2.36. The number of hydrogen-bond acceptors (Lipinski definition) is 4. The maximum absolute atomic E-state index is 11.5. The van der Waals surface area contributed by atoms with Gasteiger partial charge < -0.3 is 14.6 Å². The SMILES string of the molecule is Bc1cc(C(=O)O)cc2c1OCC(C(=O)OC)C2. The van der Waals surface area contributed by atoms with Gasteiger partial charge in [0, 0.05) is 0 Å². The number of methoxy groups -OCH3 is 1. The summed E-state index contributed by atoms with van der Waals surface area (Å²) in [6.07, 6.45) is 0.448. The number of esters is 1. The number of carbonyl (C=O) groups excluding carboxylic acids is 1. The van der Waals surface area contributed by atoms with Gasteiger partial charge in [0.15, 0.2) is 0 Å². The van der Waals surface area contributed by atoms with E-state index in [1.165, 1.54) is 7.11 Å². The third-order valence-electron chi connectivity index (χ3n) is 3.03. The maximum Gasteiger partial charge on any atom is 0.335 e. The van der Waals surface area contributed by atoms with E-state index in [2.05, 4.69) is 4.74 Å². The third kappa shape index (κ3) is 2.18. The van der Waals surface area contributed by atoms with E-state index in [-0.39, 0.29) is 24.1 Å². The van der Waals surface area contributed by atoms with E-state index in [0.29, 0.717) is 12.2 Å². The van der Waals surface area contributed by atoms with Gasteiger partial charge in [-0.2, -0.15) is 0 Å². The standard InChI is InChI=1S/C12H13BO5/c1-17-12(16)8-3-6-2-7(11(14)15)4-9(13)10(6)18-5-8/h2,4,8H,3,5,13H2,1H3,(H,14,15). The van der Waals surface area contributed by atoms with Crippen molar-refractivity contribution in [1.29, 1.82) is 0 Å². The fourth-order valence-electron chi connectivity index (χ4n) is 2.15. The summed E-state index contributed by atoms with van der Waals surface area (Å²) in [7, 11) is 3.13. The second-order valence-corrected chi connectivity index (χ2v) is 4.32. The van der Waals surface area contributed by atoms with E-state index in [1.54, 1.807) is 20.0 Å². The first kappa shape index (κ1) is 12.5. The summed E-state index contributed by atoms with van der Waals surface area (Å²) in [6, 6.07) is 3.12. The average Bonchev–Trinajstić information content (AvgIpc) is 2.36. The molecule has 0 radical (unpaired) electrons. The van der Waals surface area contributed by atoms with E-state index in [1.807, 2.05) is 0 Å².